The third-order valence-electron chi connectivity index (χ3n) is 7.05. The van der Waals surface area contributed by atoms with Crippen LogP contribution in [0.2, 0.25) is 0 Å². The molecule has 2 aromatic heterocycles. The molecule has 32 heavy (non-hydrogen) atoms. The van der Waals surface area contributed by atoms with Gasteiger partial charge < -0.3 is 10.2 Å². The lowest BCUT2D eigenvalue weighted by molar-refractivity contribution is -0.128. The summed E-state index contributed by atoms with van der Waals surface area (Å²) >= 11 is 0. The van der Waals surface area contributed by atoms with Crippen molar-refractivity contribution in [3.63, 3.8) is 0 Å². The maximum Gasteiger partial charge on any atom is 0.274 e. The number of nitrogens with one attached hydrogen (secondary N) is 1. The summed E-state index contributed by atoms with van der Waals surface area (Å²) in [7, 11) is 0. The van der Waals surface area contributed by atoms with Crippen LogP contribution in [-0.2, 0) is 17.8 Å². The van der Waals surface area contributed by atoms with E-state index in [4.69, 9.17) is 0 Å². The Morgan fingerprint density at radius 3 is 2.75 bits per heavy atom. The molecule has 6 nitrogen and oxygen atoms in total. The van der Waals surface area contributed by atoms with E-state index >= 15 is 0 Å². The van der Waals surface area contributed by atoms with Gasteiger partial charge in [-0.1, -0.05) is 30.3 Å². The lowest BCUT2D eigenvalue weighted by atomic mass is 9.87. The molecular weight excluding hydrogens is 400 g/mol. The Balaban J connectivity index is 1.24. The van der Waals surface area contributed by atoms with Crippen molar-refractivity contribution in [3.8, 4) is 11.3 Å². The largest absolute Gasteiger partial charge is 0.347 e. The summed E-state index contributed by atoms with van der Waals surface area (Å²) in [5.74, 6) is -0.185. The SMILES string of the molecule is O=C1c2nc(-c3cccnc3)ccc2CN1C1(C(=O)N[C@@H]2CCCc3ccccc32)CC1. The summed E-state index contributed by atoms with van der Waals surface area (Å²) in [6, 6.07) is 16.0. The van der Waals surface area contributed by atoms with E-state index in [0.29, 0.717) is 25.1 Å². The first-order valence-corrected chi connectivity index (χ1v) is 11.3. The molecule has 1 fully saturated rings. The summed E-state index contributed by atoms with van der Waals surface area (Å²) in [5.41, 5.74) is 4.70. The van der Waals surface area contributed by atoms with Crippen LogP contribution >= 0.6 is 0 Å². The van der Waals surface area contributed by atoms with Crippen molar-refractivity contribution in [1.29, 1.82) is 0 Å². The Labute approximate surface area is 186 Å². The summed E-state index contributed by atoms with van der Waals surface area (Å²) in [6.07, 6.45) is 7.89. The van der Waals surface area contributed by atoms with E-state index in [1.807, 2.05) is 30.3 Å². The second-order valence-electron chi connectivity index (χ2n) is 8.99. The van der Waals surface area contributed by atoms with Crippen LogP contribution in [-0.4, -0.2) is 32.2 Å². The highest BCUT2D eigenvalue weighted by atomic mass is 16.2. The van der Waals surface area contributed by atoms with Crippen LogP contribution in [0.15, 0.2) is 60.9 Å². The van der Waals surface area contributed by atoms with Crippen LogP contribution in [0.1, 0.15) is 58.9 Å². The molecule has 1 atom stereocenters. The predicted molar refractivity (Wildman–Crippen MR) is 120 cm³/mol. The normalized spacial score (nSPS) is 20.4. The van der Waals surface area contributed by atoms with E-state index in [9.17, 15) is 9.59 Å². The fourth-order valence-electron chi connectivity index (χ4n) is 5.13. The Morgan fingerprint density at radius 2 is 1.94 bits per heavy atom. The fourth-order valence-corrected chi connectivity index (χ4v) is 5.13. The highest BCUT2D eigenvalue weighted by molar-refractivity contribution is 6.02. The van der Waals surface area contributed by atoms with E-state index in [-0.39, 0.29) is 17.9 Å². The number of hydrogen-bond acceptors (Lipinski definition) is 4. The molecule has 1 N–H and O–H groups in total. The van der Waals surface area contributed by atoms with Gasteiger partial charge in [0.2, 0.25) is 5.91 Å². The highest BCUT2D eigenvalue weighted by Gasteiger charge is 2.58. The number of aryl methyl sites for hydroxylation is 1. The Hall–Kier alpha value is -3.54. The standard InChI is InChI=1S/C26H24N4O2/c31-24-23-19(10-11-21(28-23)18-7-4-14-27-15-18)16-30(24)26(12-13-26)25(32)29-22-9-3-6-17-5-1-2-8-20(17)22/h1-2,4-5,7-8,10-11,14-15,22H,3,6,9,12-13,16H2,(H,29,32)/t22-/m1/s1. The second kappa shape index (κ2) is 7.26. The van der Waals surface area contributed by atoms with Crippen molar-refractivity contribution in [3.05, 3.63) is 83.3 Å². The molecule has 3 aliphatic rings. The van der Waals surface area contributed by atoms with Crippen LogP contribution in [0.5, 0.6) is 0 Å². The number of benzene rings is 1. The fraction of sp³-hybridized carbons (Fsp3) is 0.308. The Bertz CT molecular complexity index is 1220. The lowest BCUT2D eigenvalue weighted by Crippen LogP contribution is -2.50. The Kier molecular flexibility index (Phi) is 4.35. The molecule has 1 saturated carbocycles. The van der Waals surface area contributed by atoms with Gasteiger partial charge in [-0.3, -0.25) is 14.6 Å². The van der Waals surface area contributed by atoms with Gasteiger partial charge in [-0.2, -0.15) is 0 Å². The minimum atomic E-state index is -0.751. The van der Waals surface area contributed by atoms with Crippen LogP contribution < -0.4 is 5.32 Å². The maximum atomic E-state index is 13.4. The monoisotopic (exact) mass is 424 g/mol. The number of rotatable bonds is 4. The summed E-state index contributed by atoms with van der Waals surface area (Å²) in [6.45, 7) is 0.434. The zero-order chi connectivity index (χ0) is 21.7. The molecule has 2 aliphatic carbocycles. The molecule has 1 aliphatic heterocycles. The van der Waals surface area contributed by atoms with E-state index in [1.54, 1.807) is 17.3 Å². The van der Waals surface area contributed by atoms with Crippen LogP contribution in [0, 0.1) is 0 Å². The van der Waals surface area contributed by atoms with Crippen molar-refractivity contribution in [2.45, 2.75) is 50.2 Å². The van der Waals surface area contributed by atoms with Gasteiger partial charge in [0.1, 0.15) is 11.2 Å². The van der Waals surface area contributed by atoms with Crippen LogP contribution in [0.25, 0.3) is 11.3 Å². The molecule has 0 unspecified atom stereocenters. The van der Waals surface area contributed by atoms with E-state index in [0.717, 1.165) is 36.1 Å². The van der Waals surface area contributed by atoms with Crippen molar-refractivity contribution < 1.29 is 9.59 Å². The number of carbonyl (C=O) groups excluding carboxylic acids is 2. The number of aromatic nitrogens is 2. The second-order valence-corrected chi connectivity index (χ2v) is 8.99. The van der Waals surface area contributed by atoms with Gasteiger partial charge in [-0.25, -0.2) is 4.98 Å². The first-order valence-electron chi connectivity index (χ1n) is 11.3. The minimum absolute atomic E-state index is 0.0142. The molecule has 0 spiro atoms. The van der Waals surface area contributed by atoms with Gasteiger partial charge in [0.05, 0.1) is 11.7 Å². The number of fused-ring (bicyclic) bond motifs is 2. The summed E-state index contributed by atoms with van der Waals surface area (Å²) in [4.78, 5) is 37.3. The average molecular weight is 425 g/mol. The van der Waals surface area contributed by atoms with Gasteiger partial charge in [0, 0.05) is 30.1 Å². The van der Waals surface area contributed by atoms with Crippen molar-refractivity contribution >= 4 is 11.8 Å². The number of hydrogen-bond donors (Lipinski definition) is 1. The third kappa shape index (κ3) is 3.01. The molecular formula is C26H24N4O2. The number of nitrogens with zero attached hydrogens (tertiary/aromatic N) is 3. The Morgan fingerprint density at radius 1 is 1.06 bits per heavy atom. The van der Waals surface area contributed by atoms with E-state index < -0.39 is 5.54 Å². The molecule has 3 aromatic rings. The van der Waals surface area contributed by atoms with Crippen molar-refractivity contribution in [2.75, 3.05) is 0 Å². The van der Waals surface area contributed by atoms with Gasteiger partial charge in [0.25, 0.3) is 5.91 Å². The molecule has 0 bridgehead atoms. The molecule has 0 saturated heterocycles. The van der Waals surface area contributed by atoms with E-state index in [1.165, 1.54) is 11.1 Å². The molecule has 1 aromatic carbocycles. The first kappa shape index (κ1) is 19.2. The summed E-state index contributed by atoms with van der Waals surface area (Å²) in [5, 5.41) is 3.28. The molecule has 0 radical (unpaired) electrons. The van der Waals surface area contributed by atoms with Gasteiger partial charge in [0.15, 0.2) is 0 Å². The van der Waals surface area contributed by atoms with Crippen LogP contribution in [0.4, 0.5) is 0 Å². The summed E-state index contributed by atoms with van der Waals surface area (Å²) < 4.78 is 0. The van der Waals surface area contributed by atoms with Crippen molar-refractivity contribution in [1.82, 2.24) is 20.2 Å². The highest BCUT2D eigenvalue weighted by Crippen LogP contribution is 2.46. The lowest BCUT2D eigenvalue weighted by Gasteiger charge is -2.31. The van der Waals surface area contributed by atoms with Gasteiger partial charge in [-0.15, -0.1) is 0 Å². The molecule has 2 amide bonds. The topological polar surface area (TPSA) is 75.2 Å². The number of pyridine rings is 2. The molecule has 6 heteroatoms. The average Bonchev–Trinajstić information content (AvgIpc) is 3.58. The first-order chi connectivity index (χ1) is 15.7. The van der Waals surface area contributed by atoms with Gasteiger partial charge >= 0.3 is 0 Å². The maximum absolute atomic E-state index is 13.4. The smallest absolute Gasteiger partial charge is 0.274 e. The minimum Gasteiger partial charge on any atom is -0.347 e. The quantitative estimate of drug-likeness (QED) is 0.691. The third-order valence-corrected chi connectivity index (χ3v) is 7.05. The van der Waals surface area contributed by atoms with Crippen LogP contribution in [0.3, 0.4) is 0 Å². The number of carbonyl (C=O) groups is 2. The molecule has 160 valence electrons. The molecule has 3 heterocycles. The van der Waals surface area contributed by atoms with E-state index in [2.05, 4.69) is 33.5 Å². The zero-order valence-electron chi connectivity index (χ0n) is 17.8. The predicted octanol–water partition coefficient (Wildman–Crippen LogP) is 3.83. The number of amides is 2. The van der Waals surface area contributed by atoms with Crippen molar-refractivity contribution in [2.24, 2.45) is 0 Å². The molecule has 6 rings (SSSR count). The van der Waals surface area contributed by atoms with Gasteiger partial charge in [-0.05, 0) is 61.4 Å². The zero-order valence-corrected chi connectivity index (χ0v) is 17.8.